The normalized spacial score (nSPS) is 11.2. The molecule has 3 nitrogen and oxygen atoms in total. The van der Waals surface area contributed by atoms with Gasteiger partial charge in [0, 0.05) is 12.0 Å². The number of nitrogens with two attached hydrogens (primary N) is 1. The van der Waals surface area contributed by atoms with Gasteiger partial charge in [0.05, 0.1) is 10.6 Å². The molecule has 0 saturated carbocycles. The number of aromatic nitrogens is 1. The number of hydrogen-bond donors (Lipinski definition) is 1. The minimum Gasteiger partial charge on any atom is -0.380 e. The zero-order valence-electron chi connectivity index (χ0n) is 10.9. The molecule has 1 aromatic heterocycles. The van der Waals surface area contributed by atoms with Crippen molar-refractivity contribution < 1.29 is 8.91 Å². The van der Waals surface area contributed by atoms with Crippen molar-refractivity contribution in [2.24, 2.45) is 5.92 Å². The molecule has 2 aromatic rings. The molecule has 0 atom stereocenters. The maximum absolute atomic E-state index is 14.1. The fourth-order valence-electron chi connectivity index (χ4n) is 1.91. The Balaban J connectivity index is 2.43. The molecule has 19 heavy (non-hydrogen) atoms. The quantitative estimate of drug-likeness (QED) is 0.909. The topological polar surface area (TPSA) is 52.0 Å². The molecule has 0 aliphatic carbocycles. The summed E-state index contributed by atoms with van der Waals surface area (Å²) in [6.07, 6.45) is 1.59. The SMILES string of the molecule is CC(C)CCc1onc(N)c1-c1cccc(Cl)c1F. The highest BCUT2D eigenvalue weighted by molar-refractivity contribution is 6.31. The fourth-order valence-corrected chi connectivity index (χ4v) is 2.09. The van der Waals surface area contributed by atoms with E-state index in [2.05, 4.69) is 19.0 Å². The zero-order valence-corrected chi connectivity index (χ0v) is 11.7. The highest BCUT2D eigenvalue weighted by Crippen LogP contribution is 2.34. The van der Waals surface area contributed by atoms with E-state index in [1.54, 1.807) is 12.1 Å². The summed E-state index contributed by atoms with van der Waals surface area (Å²) in [7, 11) is 0. The first-order chi connectivity index (χ1) is 9.00. The lowest BCUT2D eigenvalue weighted by molar-refractivity contribution is 0.376. The van der Waals surface area contributed by atoms with E-state index in [4.69, 9.17) is 21.9 Å². The number of anilines is 1. The minimum atomic E-state index is -0.495. The molecule has 1 heterocycles. The third kappa shape index (κ3) is 2.89. The fraction of sp³-hybridized carbons (Fsp3) is 0.357. The van der Waals surface area contributed by atoms with Crippen molar-refractivity contribution in [1.29, 1.82) is 0 Å². The Morgan fingerprint density at radius 1 is 1.42 bits per heavy atom. The van der Waals surface area contributed by atoms with Gasteiger partial charge in [0.15, 0.2) is 5.82 Å². The van der Waals surface area contributed by atoms with Gasteiger partial charge in [0.2, 0.25) is 0 Å². The smallest absolute Gasteiger partial charge is 0.175 e. The van der Waals surface area contributed by atoms with E-state index in [1.165, 1.54) is 6.07 Å². The van der Waals surface area contributed by atoms with E-state index in [9.17, 15) is 4.39 Å². The standard InChI is InChI=1S/C14H16ClFN2O/c1-8(2)6-7-11-12(14(17)18-19-11)9-4-3-5-10(15)13(9)16/h3-5,8H,6-7H2,1-2H3,(H2,17,18). The molecule has 0 saturated heterocycles. The second kappa shape index (κ2) is 5.61. The van der Waals surface area contributed by atoms with Gasteiger partial charge in [-0.1, -0.05) is 42.7 Å². The van der Waals surface area contributed by atoms with Crippen LogP contribution >= 0.6 is 11.6 Å². The van der Waals surface area contributed by atoms with Gasteiger partial charge in [-0.15, -0.1) is 0 Å². The molecule has 0 aliphatic rings. The molecule has 0 bridgehead atoms. The van der Waals surface area contributed by atoms with Crippen LogP contribution in [0.25, 0.3) is 11.1 Å². The highest BCUT2D eigenvalue weighted by Gasteiger charge is 2.20. The average molecular weight is 283 g/mol. The Hall–Kier alpha value is -1.55. The largest absolute Gasteiger partial charge is 0.380 e. The number of hydrogen-bond acceptors (Lipinski definition) is 3. The van der Waals surface area contributed by atoms with Crippen molar-refractivity contribution in [3.8, 4) is 11.1 Å². The summed E-state index contributed by atoms with van der Waals surface area (Å²) < 4.78 is 19.3. The van der Waals surface area contributed by atoms with Crippen LogP contribution in [0.4, 0.5) is 10.2 Å². The van der Waals surface area contributed by atoms with E-state index >= 15 is 0 Å². The zero-order chi connectivity index (χ0) is 14.0. The van der Waals surface area contributed by atoms with Crippen LogP contribution in [0, 0.1) is 11.7 Å². The maximum atomic E-state index is 14.1. The van der Waals surface area contributed by atoms with Crippen LogP contribution in [0.15, 0.2) is 22.7 Å². The van der Waals surface area contributed by atoms with Crippen molar-refractivity contribution in [3.63, 3.8) is 0 Å². The van der Waals surface area contributed by atoms with Crippen molar-refractivity contribution in [2.75, 3.05) is 5.73 Å². The number of nitrogen functional groups attached to an aromatic ring is 1. The number of aryl methyl sites for hydroxylation is 1. The lowest BCUT2D eigenvalue weighted by atomic mass is 10.00. The van der Waals surface area contributed by atoms with E-state index in [1.807, 2.05) is 0 Å². The molecular weight excluding hydrogens is 267 g/mol. The summed E-state index contributed by atoms with van der Waals surface area (Å²) in [5, 5.41) is 3.80. The van der Waals surface area contributed by atoms with Gasteiger partial charge < -0.3 is 10.3 Å². The van der Waals surface area contributed by atoms with Gasteiger partial charge in [-0.05, 0) is 18.4 Å². The molecule has 0 unspecified atom stereocenters. The first kappa shape index (κ1) is 13.9. The van der Waals surface area contributed by atoms with Crippen LogP contribution in [0.1, 0.15) is 26.0 Å². The van der Waals surface area contributed by atoms with Crippen LogP contribution in [-0.4, -0.2) is 5.16 Å². The first-order valence-corrected chi connectivity index (χ1v) is 6.57. The maximum Gasteiger partial charge on any atom is 0.175 e. The molecular formula is C14H16ClFN2O. The average Bonchev–Trinajstić information content (AvgIpc) is 2.72. The molecule has 0 radical (unpaired) electrons. The highest BCUT2D eigenvalue weighted by atomic mass is 35.5. The van der Waals surface area contributed by atoms with E-state index in [0.717, 1.165) is 6.42 Å². The second-order valence-electron chi connectivity index (χ2n) is 4.90. The predicted molar refractivity (Wildman–Crippen MR) is 74.5 cm³/mol. The summed E-state index contributed by atoms with van der Waals surface area (Å²) in [5.41, 5.74) is 6.64. The Morgan fingerprint density at radius 2 is 2.16 bits per heavy atom. The second-order valence-corrected chi connectivity index (χ2v) is 5.31. The van der Waals surface area contributed by atoms with Gasteiger partial charge in [0.25, 0.3) is 0 Å². The molecule has 2 rings (SSSR count). The minimum absolute atomic E-state index is 0.0629. The molecule has 0 spiro atoms. The summed E-state index contributed by atoms with van der Waals surface area (Å²) in [5.74, 6) is 0.820. The number of rotatable bonds is 4. The molecule has 102 valence electrons. The molecule has 0 aliphatic heterocycles. The van der Waals surface area contributed by atoms with Crippen LogP contribution in [0.3, 0.4) is 0 Å². The lowest BCUT2D eigenvalue weighted by Gasteiger charge is -2.06. The lowest BCUT2D eigenvalue weighted by Crippen LogP contribution is -1.96. The van der Waals surface area contributed by atoms with E-state index in [-0.39, 0.29) is 10.8 Å². The van der Waals surface area contributed by atoms with Gasteiger partial charge in [-0.2, -0.15) is 0 Å². The van der Waals surface area contributed by atoms with Gasteiger partial charge in [-0.25, -0.2) is 4.39 Å². The predicted octanol–water partition coefficient (Wildman–Crippen LogP) is 4.30. The van der Waals surface area contributed by atoms with E-state index in [0.29, 0.717) is 29.2 Å². The van der Waals surface area contributed by atoms with Crippen molar-refractivity contribution in [1.82, 2.24) is 5.16 Å². The first-order valence-electron chi connectivity index (χ1n) is 6.19. The third-order valence-electron chi connectivity index (χ3n) is 2.96. The van der Waals surface area contributed by atoms with Gasteiger partial charge in [-0.3, -0.25) is 0 Å². The summed E-state index contributed by atoms with van der Waals surface area (Å²) in [6, 6.07) is 4.81. The Labute approximate surface area is 116 Å². The van der Waals surface area contributed by atoms with Crippen LogP contribution in [0.2, 0.25) is 5.02 Å². The van der Waals surface area contributed by atoms with Gasteiger partial charge >= 0.3 is 0 Å². The Bertz CT molecular complexity index is 581. The summed E-state index contributed by atoms with van der Waals surface area (Å²) >= 11 is 5.80. The Morgan fingerprint density at radius 3 is 2.84 bits per heavy atom. The summed E-state index contributed by atoms with van der Waals surface area (Å²) in [4.78, 5) is 0. The number of nitrogens with zero attached hydrogens (tertiary/aromatic N) is 1. The van der Waals surface area contributed by atoms with Crippen molar-refractivity contribution in [3.05, 3.63) is 34.8 Å². The number of benzene rings is 1. The summed E-state index contributed by atoms with van der Waals surface area (Å²) in [6.45, 7) is 4.22. The molecule has 5 heteroatoms. The third-order valence-corrected chi connectivity index (χ3v) is 3.25. The van der Waals surface area contributed by atoms with Crippen LogP contribution < -0.4 is 5.73 Å². The van der Waals surface area contributed by atoms with Crippen molar-refractivity contribution >= 4 is 17.4 Å². The van der Waals surface area contributed by atoms with Crippen molar-refractivity contribution in [2.45, 2.75) is 26.7 Å². The van der Waals surface area contributed by atoms with Crippen LogP contribution in [0.5, 0.6) is 0 Å². The van der Waals surface area contributed by atoms with Crippen LogP contribution in [-0.2, 0) is 6.42 Å². The Kier molecular flexibility index (Phi) is 4.10. The van der Waals surface area contributed by atoms with Gasteiger partial charge in [0.1, 0.15) is 11.6 Å². The monoisotopic (exact) mass is 282 g/mol. The molecule has 0 amide bonds. The number of halogens is 2. The molecule has 0 fully saturated rings. The molecule has 1 aromatic carbocycles. The molecule has 2 N–H and O–H groups in total. The van der Waals surface area contributed by atoms with E-state index < -0.39 is 5.82 Å².